The molecule has 0 radical (unpaired) electrons. The van der Waals surface area contributed by atoms with Crippen molar-refractivity contribution in [2.24, 2.45) is 0 Å². The normalized spacial score (nSPS) is 10.4. The number of amides is 1. The number of halogens is 1. The van der Waals surface area contributed by atoms with Crippen molar-refractivity contribution in [3.63, 3.8) is 0 Å². The Morgan fingerprint density at radius 2 is 2.00 bits per heavy atom. The van der Waals surface area contributed by atoms with Crippen LogP contribution in [0.4, 0.5) is 5.95 Å². The Balaban J connectivity index is 1.78. The van der Waals surface area contributed by atoms with Crippen molar-refractivity contribution < 1.29 is 9.90 Å². The lowest BCUT2D eigenvalue weighted by molar-refractivity contribution is 0.102. The molecule has 0 aliphatic carbocycles. The number of anilines is 1. The Morgan fingerprint density at radius 3 is 2.77 bits per heavy atom. The number of rotatable bonds is 3. The molecule has 3 N–H and O–H groups in total. The smallest absolute Gasteiger partial charge is 0.258 e. The van der Waals surface area contributed by atoms with Crippen LogP contribution >= 0.6 is 11.6 Å². The number of imidazole rings is 1. The SMILES string of the molecule is O=C(Nc1ncc(-c2cccc(O)c2)[nH]1)c1cccc(Cl)c1. The fourth-order valence-corrected chi connectivity index (χ4v) is 2.20. The third-order valence-electron chi connectivity index (χ3n) is 3.05. The van der Waals surface area contributed by atoms with Gasteiger partial charge in [-0.1, -0.05) is 29.8 Å². The molecule has 22 heavy (non-hydrogen) atoms. The number of aromatic nitrogens is 2. The van der Waals surface area contributed by atoms with Gasteiger partial charge in [0.05, 0.1) is 11.9 Å². The quantitative estimate of drug-likeness (QED) is 0.690. The average Bonchev–Trinajstić information content (AvgIpc) is 2.96. The van der Waals surface area contributed by atoms with Crippen LogP contribution in [0.25, 0.3) is 11.3 Å². The summed E-state index contributed by atoms with van der Waals surface area (Å²) in [4.78, 5) is 19.2. The maximum atomic E-state index is 12.1. The van der Waals surface area contributed by atoms with Crippen molar-refractivity contribution in [1.29, 1.82) is 0 Å². The second-order valence-corrected chi connectivity index (χ2v) is 5.10. The van der Waals surface area contributed by atoms with E-state index in [1.54, 1.807) is 48.7 Å². The standard InChI is InChI=1S/C16H12ClN3O2/c17-12-5-1-4-11(7-12)15(22)20-16-18-9-14(19-16)10-3-2-6-13(21)8-10/h1-9,21H,(H2,18,19,20,22). The van der Waals surface area contributed by atoms with Gasteiger partial charge < -0.3 is 10.1 Å². The minimum Gasteiger partial charge on any atom is -0.508 e. The minimum atomic E-state index is -0.306. The molecule has 0 bridgehead atoms. The van der Waals surface area contributed by atoms with E-state index in [1.807, 2.05) is 6.07 Å². The number of hydrogen-bond acceptors (Lipinski definition) is 3. The minimum absolute atomic E-state index is 0.164. The molecule has 0 saturated heterocycles. The second-order valence-electron chi connectivity index (χ2n) is 4.66. The number of hydrogen-bond donors (Lipinski definition) is 3. The average molecular weight is 314 g/mol. The van der Waals surface area contributed by atoms with E-state index in [1.165, 1.54) is 0 Å². The zero-order chi connectivity index (χ0) is 15.5. The van der Waals surface area contributed by atoms with E-state index < -0.39 is 0 Å². The van der Waals surface area contributed by atoms with Crippen LogP contribution in [0.5, 0.6) is 5.75 Å². The Hall–Kier alpha value is -2.79. The highest BCUT2D eigenvalue weighted by atomic mass is 35.5. The third kappa shape index (κ3) is 3.10. The molecule has 0 aliphatic heterocycles. The summed E-state index contributed by atoms with van der Waals surface area (Å²) in [5, 5.41) is 12.6. The van der Waals surface area contributed by atoms with E-state index in [9.17, 15) is 9.90 Å². The molecule has 0 fully saturated rings. The second kappa shape index (κ2) is 5.91. The number of H-pyrrole nitrogens is 1. The van der Waals surface area contributed by atoms with Gasteiger partial charge in [-0.25, -0.2) is 4.98 Å². The molecule has 1 heterocycles. The van der Waals surface area contributed by atoms with E-state index in [0.717, 1.165) is 5.56 Å². The molecule has 5 nitrogen and oxygen atoms in total. The summed E-state index contributed by atoms with van der Waals surface area (Å²) in [6.07, 6.45) is 1.59. The van der Waals surface area contributed by atoms with Crippen LogP contribution in [0.15, 0.2) is 54.7 Å². The van der Waals surface area contributed by atoms with Crippen LogP contribution in [0, 0.1) is 0 Å². The Labute approximate surface area is 131 Å². The number of aromatic hydroxyl groups is 1. The van der Waals surface area contributed by atoms with Gasteiger partial charge in [0.2, 0.25) is 5.95 Å². The number of benzene rings is 2. The van der Waals surface area contributed by atoms with Crippen LogP contribution in [0.2, 0.25) is 5.02 Å². The summed E-state index contributed by atoms with van der Waals surface area (Å²) in [6.45, 7) is 0. The van der Waals surface area contributed by atoms with Crippen LogP contribution in [-0.2, 0) is 0 Å². The maximum absolute atomic E-state index is 12.1. The zero-order valence-electron chi connectivity index (χ0n) is 11.4. The van der Waals surface area contributed by atoms with Gasteiger partial charge in [-0.05, 0) is 30.3 Å². The molecule has 6 heteroatoms. The highest BCUT2D eigenvalue weighted by molar-refractivity contribution is 6.31. The first kappa shape index (κ1) is 14.2. The van der Waals surface area contributed by atoms with Gasteiger partial charge in [0.15, 0.2) is 0 Å². The number of nitrogens with zero attached hydrogens (tertiary/aromatic N) is 1. The third-order valence-corrected chi connectivity index (χ3v) is 3.29. The fourth-order valence-electron chi connectivity index (χ4n) is 2.01. The first-order chi connectivity index (χ1) is 10.6. The van der Waals surface area contributed by atoms with Crippen LogP contribution in [0.1, 0.15) is 10.4 Å². The molecule has 0 spiro atoms. The van der Waals surface area contributed by atoms with E-state index in [4.69, 9.17) is 11.6 Å². The van der Waals surface area contributed by atoms with Gasteiger partial charge >= 0.3 is 0 Å². The lowest BCUT2D eigenvalue weighted by Gasteiger charge is -2.02. The molecule has 1 aromatic heterocycles. The molecule has 0 unspecified atom stereocenters. The van der Waals surface area contributed by atoms with Crippen LogP contribution in [0.3, 0.4) is 0 Å². The highest BCUT2D eigenvalue weighted by Gasteiger charge is 2.09. The predicted molar refractivity (Wildman–Crippen MR) is 85.1 cm³/mol. The van der Waals surface area contributed by atoms with Crippen molar-refractivity contribution in [2.75, 3.05) is 5.32 Å². The molecule has 110 valence electrons. The van der Waals surface area contributed by atoms with Gasteiger partial charge in [0.25, 0.3) is 5.91 Å². The van der Waals surface area contributed by atoms with Gasteiger partial charge in [0.1, 0.15) is 5.75 Å². The summed E-state index contributed by atoms with van der Waals surface area (Å²) in [5.41, 5.74) is 1.91. The molecule has 3 aromatic rings. The highest BCUT2D eigenvalue weighted by Crippen LogP contribution is 2.22. The lowest BCUT2D eigenvalue weighted by atomic mass is 10.2. The number of carbonyl (C=O) groups excluding carboxylic acids is 1. The van der Waals surface area contributed by atoms with Gasteiger partial charge in [0, 0.05) is 16.1 Å². The maximum Gasteiger partial charge on any atom is 0.258 e. The van der Waals surface area contributed by atoms with Gasteiger partial charge in [-0.2, -0.15) is 0 Å². The monoisotopic (exact) mass is 313 g/mol. The van der Waals surface area contributed by atoms with E-state index in [0.29, 0.717) is 22.2 Å². The summed E-state index contributed by atoms with van der Waals surface area (Å²) in [6, 6.07) is 13.4. The van der Waals surface area contributed by atoms with Gasteiger partial charge in [-0.3, -0.25) is 10.1 Å². The molecule has 3 rings (SSSR count). The number of nitrogens with one attached hydrogen (secondary N) is 2. The molecule has 0 atom stereocenters. The number of phenols is 1. The molecule has 0 saturated carbocycles. The largest absolute Gasteiger partial charge is 0.508 e. The predicted octanol–water partition coefficient (Wildman–Crippen LogP) is 3.69. The van der Waals surface area contributed by atoms with Crippen LogP contribution < -0.4 is 5.32 Å². The van der Waals surface area contributed by atoms with Crippen molar-refractivity contribution >= 4 is 23.5 Å². The Morgan fingerprint density at radius 1 is 1.18 bits per heavy atom. The first-order valence-electron chi connectivity index (χ1n) is 6.53. The summed E-state index contributed by atoms with van der Waals surface area (Å²) in [5.74, 6) is 0.180. The van der Waals surface area contributed by atoms with Crippen molar-refractivity contribution in [3.05, 3.63) is 65.3 Å². The molecule has 1 amide bonds. The molecular formula is C16H12ClN3O2. The number of carbonyl (C=O) groups is 1. The molecule has 0 aliphatic rings. The summed E-state index contributed by atoms with van der Waals surface area (Å²) < 4.78 is 0. The topological polar surface area (TPSA) is 78.0 Å². The zero-order valence-corrected chi connectivity index (χ0v) is 12.1. The Kier molecular flexibility index (Phi) is 3.80. The lowest BCUT2D eigenvalue weighted by Crippen LogP contribution is -2.12. The fraction of sp³-hybridized carbons (Fsp3) is 0. The van der Waals surface area contributed by atoms with E-state index >= 15 is 0 Å². The van der Waals surface area contributed by atoms with Gasteiger partial charge in [-0.15, -0.1) is 0 Å². The van der Waals surface area contributed by atoms with E-state index in [-0.39, 0.29) is 11.7 Å². The molecule has 2 aromatic carbocycles. The summed E-state index contributed by atoms with van der Waals surface area (Å²) >= 11 is 5.86. The summed E-state index contributed by atoms with van der Waals surface area (Å²) in [7, 11) is 0. The van der Waals surface area contributed by atoms with E-state index in [2.05, 4.69) is 15.3 Å². The molecular weight excluding hydrogens is 302 g/mol. The van der Waals surface area contributed by atoms with Crippen molar-refractivity contribution in [1.82, 2.24) is 9.97 Å². The number of aromatic amines is 1. The van der Waals surface area contributed by atoms with Crippen molar-refractivity contribution in [2.45, 2.75) is 0 Å². The van der Waals surface area contributed by atoms with Crippen molar-refractivity contribution in [3.8, 4) is 17.0 Å². The Bertz CT molecular complexity index is 830. The first-order valence-corrected chi connectivity index (χ1v) is 6.91. The number of phenolic OH excluding ortho intramolecular Hbond substituents is 1. The van der Waals surface area contributed by atoms with Crippen LogP contribution in [-0.4, -0.2) is 21.0 Å².